The number of carbonyl (C=O) groups excluding carboxylic acids is 1. The maximum absolute atomic E-state index is 11.1. The van der Waals surface area contributed by atoms with Crippen LogP contribution in [0.4, 0.5) is 0 Å². The van der Waals surface area contributed by atoms with Crippen molar-refractivity contribution in [1.29, 1.82) is 0 Å². The number of allylic oxidation sites excluding steroid dienone is 3. The van der Waals surface area contributed by atoms with Crippen molar-refractivity contribution in [3.8, 4) is 0 Å². The van der Waals surface area contributed by atoms with Crippen LogP contribution in [0, 0.1) is 5.92 Å². The first-order valence-corrected chi connectivity index (χ1v) is 7.50. The van der Waals surface area contributed by atoms with Crippen molar-refractivity contribution in [3.63, 3.8) is 0 Å². The fourth-order valence-corrected chi connectivity index (χ4v) is 3.91. The third kappa shape index (κ3) is 1.85. The average Bonchev–Trinajstić information content (AvgIpc) is 2.98. The Morgan fingerprint density at radius 2 is 2.16 bits per heavy atom. The Morgan fingerprint density at radius 1 is 1.32 bits per heavy atom. The smallest absolute Gasteiger partial charge is 0.219 e. The molecule has 19 heavy (non-hydrogen) atoms. The molecule has 1 atom stereocenters. The highest BCUT2D eigenvalue weighted by atomic mass is 32.2. The van der Waals surface area contributed by atoms with Gasteiger partial charge in [0.25, 0.3) is 0 Å². The fraction of sp³-hybridized carbons (Fsp3) is 0.538. The van der Waals surface area contributed by atoms with E-state index in [9.17, 15) is 4.79 Å². The second kappa shape index (κ2) is 4.03. The van der Waals surface area contributed by atoms with E-state index in [0.29, 0.717) is 5.92 Å². The topological polar surface area (TPSA) is 66.2 Å². The lowest BCUT2D eigenvalue weighted by atomic mass is 9.95. The maximum atomic E-state index is 11.1. The van der Waals surface area contributed by atoms with Gasteiger partial charge in [-0.1, -0.05) is 11.8 Å². The highest BCUT2D eigenvalue weighted by Crippen LogP contribution is 2.50. The number of fused-ring (bicyclic) bond motifs is 2. The van der Waals surface area contributed by atoms with E-state index in [-0.39, 0.29) is 11.4 Å². The molecule has 6 heteroatoms. The summed E-state index contributed by atoms with van der Waals surface area (Å²) in [6, 6.07) is 0. The van der Waals surface area contributed by atoms with Crippen LogP contribution in [0.3, 0.4) is 0 Å². The van der Waals surface area contributed by atoms with Gasteiger partial charge in [0.05, 0.1) is 16.3 Å². The quantitative estimate of drug-likeness (QED) is 0.841. The van der Waals surface area contributed by atoms with Gasteiger partial charge in [-0.2, -0.15) is 5.11 Å². The minimum Gasteiger partial charge on any atom is -0.326 e. The van der Waals surface area contributed by atoms with Crippen molar-refractivity contribution in [2.75, 3.05) is 0 Å². The number of hydrogen-bond donors (Lipinski definition) is 1. The normalized spacial score (nSPS) is 28.5. The molecule has 1 N–H and O–H groups in total. The predicted octanol–water partition coefficient (Wildman–Crippen LogP) is 2.73. The van der Waals surface area contributed by atoms with E-state index < -0.39 is 0 Å². The molecule has 4 aliphatic rings. The van der Waals surface area contributed by atoms with Crippen molar-refractivity contribution >= 4 is 23.4 Å². The number of aliphatic imine (C=N–C) groups is 1. The molecule has 0 aromatic heterocycles. The molecule has 98 valence electrons. The average molecular weight is 274 g/mol. The molecule has 0 spiro atoms. The zero-order valence-corrected chi connectivity index (χ0v) is 11.5. The molecule has 0 bridgehead atoms. The fourth-order valence-electron chi connectivity index (χ4n) is 2.72. The van der Waals surface area contributed by atoms with Gasteiger partial charge in [-0.05, 0) is 25.7 Å². The predicted molar refractivity (Wildman–Crippen MR) is 73.5 cm³/mol. The van der Waals surface area contributed by atoms with Crippen molar-refractivity contribution in [2.45, 2.75) is 38.1 Å². The van der Waals surface area contributed by atoms with E-state index in [1.165, 1.54) is 31.0 Å². The second-order valence-electron chi connectivity index (χ2n) is 5.26. The Labute approximate surface area is 115 Å². The van der Waals surface area contributed by atoms with Crippen LogP contribution in [0.25, 0.3) is 0 Å². The van der Waals surface area contributed by atoms with Crippen LogP contribution in [-0.4, -0.2) is 17.1 Å². The van der Waals surface area contributed by atoms with Crippen molar-refractivity contribution < 1.29 is 4.79 Å². The molecule has 2 heterocycles. The van der Waals surface area contributed by atoms with Gasteiger partial charge in [0.2, 0.25) is 5.91 Å². The molecular weight excluding hydrogens is 260 g/mol. The van der Waals surface area contributed by atoms with E-state index in [2.05, 4.69) is 20.5 Å². The molecule has 1 fully saturated rings. The van der Waals surface area contributed by atoms with E-state index in [1.54, 1.807) is 11.8 Å². The molecule has 0 saturated heterocycles. The molecule has 1 saturated carbocycles. The minimum absolute atomic E-state index is 0.0476. The SMILES string of the molecule is CC(=O)NC1N=C2CCC3=C(C4CC4)N=NC3=C2S1. The Balaban J connectivity index is 1.68. The summed E-state index contributed by atoms with van der Waals surface area (Å²) in [5.74, 6) is 0.599. The van der Waals surface area contributed by atoms with E-state index in [4.69, 9.17) is 0 Å². The lowest BCUT2D eigenvalue weighted by molar-refractivity contribution is -0.119. The van der Waals surface area contributed by atoms with Crippen molar-refractivity contribution in [3.05, 3.63) is 21.9 Å². The maximum Gasteiger partial charge on any atom is 0.219 e. The number of thioether (sulfide) groups is 1. The molecule has 5 nitrogen and oxygen atoms in total. The largest absolute Gasteiger partial charge is 0.326 e. The number of nitrogens with one attached hydrogen (secondary N) is 1. The summed E-state index contributed by atoms with van der Waals surface area (Å²) in [5.41, 5.74) is 4.45. The Morgan fingerprint density at radius 3 is 2.89 bits per heavy atom. The van der Waals surface area contributed by atoms with Crippen LogP contribution in [-0.2, 0) is 4.79 Å². The summed E-state index contributed by atoms with van der Waals surface area (Å²) >= 11 is 1.59. The first-order valence-electron chi connectivity index (χ1n) is 6.62. The van der Waals surface area contributed by atoms with Crippen LogP contribution in [0.15, 0.2) is 37.1 Å². The summed E-state index contributed by atoms with van der Waals surface area (Å²) in [4.78, 5) is 16.8. The number of nitrogens with zero attached hydrogens (tertiary/aromatic N) is 3. The van der Waals surface area contributed by atoms with Gasteiger partial charge in [-0.15, -0.1) is 5.11 Å². The zero-order valence-electron chi connectivity index (χ0n) is 10.6. The van der Waals surface area contributed by atoms with E-state index in [1.807, 2.05) is 0 Å². The van der Waals surface area contributed by atoms with Crippen LogP contribution in [0.1, 0.15) is 32.6 Å². The van der Waals surface area contributed by atoms with Gasteiger partial charge < -0.3 is 5.32 Å². The van der Waals surface area contributed by atoms with Gasteiger partial charge in [0.15, 0.2) is 5.50 Å². The molecule has 1 unspecified atom stereocenters. The second-order valence-corrected chi connectivity index (χ2v) is 6.35. The summed E-state index contributed by atoms with van der Waals surface area (Å²) in [7, 11) is 0. The van der Waals surface area contributed by atoms with Crippen molar-refractivity contribution in [1.82, 2.24) is 5.32 Å². The monoisotopic (exact) mass is 274 g/mol. The number of carbonyl (C=O) groups is 1. The minimum atomic E-state index is -0.186. The number of amides is 1. The molecule has 0 aromatic rings. The van der Waals surface area contributed by atoms with Crippen molar-refractivity contribution in [2.24, 2.45) is 21.1 Å². The van der Waals surface area contributed by atoms with Gasteiger partial charge in [0, 0.05) is 18.4 Å². The molecule has 2 aliphatic heterocycles. The third-order valence-electron chi connectivity index (χ3n) is 3.74. The Bertz CT molecular complexity index is 598. The molecule has 0 aromatic carbocycles. The highest BCUT2D eigenvalue weighted by molar-refractivity contribution is 8.05. The summed E-state index contributed by atoms with van der Waals surface area (Å²) in [5, 5.41) is 11.6. The molecule has 0 radical (unpaired) electrons. The molecule has 1 amide bonds. The molecule has 2 aliphatic carbocycles. The van der Waals surface area contributed by atoms with E-state index >= 15 is 0 Å². The van der Waals surface area contributed by atoms with Crippen LogP contribution in [0.2, 0.25) is 0 Å². The van der Waals surface area contributed by atoms with Gasteiger partial charge in [-0.25, -0.2) is 0 Å². The number of azo groups is 1. The summed E-state index contributed by atoms with van der Waals surface area (Å²) in [6.45, 7) is 1.52. The molecular formula is C13H14N4OS. The summed E-state index contributed by atoms with van der Waals surface area (Å²) < 4.78 is 0. The first-order chi connectivity index (χ1) is 9.22. The Hall–Kier alpha value is -1.43. The lowest BCUT2D eigenvalue weighted by Gasteiger charge is -2.14. The van der Waals surface area contributed by atoms with Crippen LogP contribution in [0.5, 0.6) is 0 Å². The zero-order chi connectivity index (χ0) is 13.0. The first kappa shape index (κ1) is 11.4. The van der Waals surface area contributed by atoms with Crippen LogP contribution >= 0.6 is 11.8 Å². The number of rotatable bonds is 2. The lowest BCUT2D eigenvalue weighted by Crippen LogP contribution is -2.27. The van der Waals surface area contributed by atoms with Gasteiger partial charge in [0.1, 0.15) is 5.70 Å². The number of hydrogen-bond acceptors (Lipinski definition) is 5. The highest BCUT2D eigenvalue weighted by Gasteiger charge is 2.38. The van der Waals surface area contributed by atoms with Gasteiger partial charge in [-0.3, -0.25) is 9.79 Å². The standard InChI is InChI=1S/C13H14N4OS/c1-6(18)14-13-15-9-5-4-8-10(7-2-3-7)16-17-11(8)12(9)19-13/h7,13H,2-5H2,1H3,(H,14,18). The molecule has 4 rings (SSSR count). The van der Waals surface area contributed by atoms with Crippen LogP contribution < -0.4 is 5.32 Å². The summed E-state index contributed by atoms with van der Waals surface area (Å²) in [6.07, 6.45) is 4.44. The van der Waals surface area contributed by atoms with Gasteiger partial charge >= 0.3 is 0 Å². The van der Waals surface area contributed by atoms with E-state index in [0.717, 1.165) is 29.2 Å². The third-order valence-corrected chi connectivity index (χ3v) is 4.85. The Kier molecular flexibility index (Phi) is 2.42.